The monoisotopic (exact) mass is 310 g/mol. The third-order valence-electron chi connectivity index (χ3n) is 5.10. The van der Waals surface area contributed by atoms with E-state index in [1.807, 2.05) is 0 Å². The highest BCUT2D eigenvalue weighted by Gasteiger charge is 2.45. The van der Waals surface area contributed by atoms with Gasteiger partial charge in [-0.15, -0.1) is 0 Å². The molecule has 0 bridgehead atoms. The molecule has 0 unspecified atom stereocenters. The fraction of sp³-hybridized carbons (Fsp3) is 0.389. The van der Waals surface area contributed by atoms with Crippen LogP contribution in [0.2, 0.25) is 6.82 Å². The first-order chi connectivity index (χ1) is 10.9. The third-order valence-corrected chi connectivity index (χ3v) is 5.10. The van der Waals surface area contributed by atoms with E-state index in [9.17, 15) is 0 Å². The molecule has 23 heavy (non-hydrogen) atoms. The maximum atomic E-state index is 5.55. The van der Waals surface area contributed by atoms with Crippen molar-refractivity contribution >= 4 is 24.2 Å². The maximum Gasteiger partial charge on any atom is 0.498 e. The molecular weight excluding hydrogens is 285 g/mol. The zero-order chi connectivity index (χ0) is 16.9. The van der Waals surface area contributed by atoms with Crippen molar-refractivity contribution in [1.29, 1.82) is 0 Å². The molecule has 1 aliphatic heterocycles. The van der Waals surface area contributed by atoms with Crippen molar-refractivity contribution in [2.75, 3.05) is 23.8 Å². The average molecular weight is 310 g/mol. The summed E-state index contributed by atoms with van der Waals surface area (Å²) in [5.74, 6) is 2.13. The minimum atomic E-state index is 0.254. The van der Waals surface area contributed by atoms with E-state index in [4.69, 9.17) is 4.74 Å². The topological polar surface area (TPSA) is 19.6 Å². The highest BCUT2D eigenvalue weighted by molar-refractivity contribution is 6.70. The number of pyridine rings is 1. The average Bonchev–Trinajstić information content (AvgIpc) is 2.77. The van der Waals surface area contributed by atoms with Crippen molar-refractivity contribution in [2.45, 2.75) is 27.6 Å². The fourth-order valence-corrected chi connectivity index (χ4v) is 3.45. The first-order valence-electron chi connectivity index (χ1n) is 8.03. The van der Waals surface area contributed by atoms with Gasteiger partial charge in [0.05, 0.1) is 26.0 Å². The van der Waals surface area contributed by atoms with Crippen LogP contribution in [0.1, 0.15) is 16.7 Å². The fourth-order valence-electron chi connectivity index (χ4n) is 3.45. The van der Waals surface area contributed by atoms with E-state index in [1.165, 1.54) is 33.9 Å². The summed E-state index contributed by atoms with van der Waals surface area (Å²) in [7, 11) is 6.00. The second-order valence-corrected chi connectivity index (χ2v) is 6.48. The minimum Gasteiger partial charge on any atom is -0.496 e. The summed E-state index contributed by atoms with van der Waals surface area (Å²) in [6.07, 6.45) is 2.20. The van der Waals surface area contributed by atoms with Crippen molar-refractivity contribution in [3.05, 3.63) is 41.1 Å². The van der Waals surface area contributed by atoms with Gasteiger partial charge in [0.25, 0.3) is 5.82 Å². The Hall–Kier alpha value is -2.17. The number of methoxy groups -OCH3 is 1. The lowest BCUT2D eigenvalue weighted by molar-refractivity contribution is -0.658. The molecule has 120 valence electrons. The van der Waals surface area contributed by atoms with E-state index in [1.54, 1.807) is 7.11 Å². The van der Waals surface area contributed by atoms with Gasteiger partial charge in [-0.3, -0.25) is 4.81 Å². The van der Waals surface area contributed by atoms with Crippen LogP contribution >= 0.6 is 0 Å². The predicted octanol–water partition coefficient (Wildman–Crippen LogP) is 3.15. The Balaban J connectivity index is 2.25. The molecule has 2 aromatic rings. The largest absolute Gasteiger partial charge is 0.498 e. The quantitative estimate of drug-likeness (QED) is 0.627. The standard InChI is InChI=1S/C18H25BN3O/c1-12-10-17(20(5)11-13(12)2)22-18-14(3)16(23-7)9-8-15(18)21(6)19(22)4/h8-11H,1-7H3/q+1. The molecule has 0 saturated heterocycles. The summed E-state index contributed by atoms with van der Waals surface area (Å²) >= 11 is 0. The summed E-state index contributed by atoms with van der Waals surface area (Å²) in [4.78, 5) is 4.72. The second kappa shape index (κ2) is 5.48. The molecule has 0 amide bonds. The summed E-state index contributed by atoms with van der Waals surface area (Å²) in [6, 6.07) is 6.48. The van der Waals surface area contributed by atoms with Gasteiger partial charge in [-0.25, -0.2) is 4.57 Å². The number of hydrogen-bond acceptors (Lipinski definition) is 3. The highest BCUT2D eigenvalue weighted by Crippen LogP contribution is 2.46. The van der Waals surface area contributed by atoms with Gasteiger partial charge in [0, 0.05) is 11.6 Å². The smallest absolute Gasteiger partial charge is 0.496 e. The number of aryl methyl sites for hydroxylation is 3. The number of ether oxygens (including phenoxy) is 1. The van der Waals surface area contributed by atoms with Crippen molar-refractivity contribution < 1.29 is 9.30 Å². The van der Waals surface area contributed by atoms with E-state index < -0.39 is 0 Å². The number of nitrogens with zero attached hydrogens (tertiary/aromatic N) is 3. The van der Waals surface area contributed by atoms with Gasteiger partial charge in [0.1, 0.15) is 11.4 Å². The zero-order valence-corrected chi connectivity index (χ0v) is 15.1. The van der Waals surface area contributed by atoms with E-state index in [0.29, 0.717) is 0 Å². The van der Waals surface area contributed by atoms with E-state index in [0.717, 1.165) is 5.75 Å². The number of fused-ring (bicyclic) bond motifs is 1. The normalized spacial score (nSPS) is 13.6. The molecule has 0 fully saturated rings. The van der Waals surface area contributed by atoms with E-state index in [2.05, 4.69) is 80.3 Å². The Labute approximate surface area is 139 Å². The molecule has 4 nitrogen and oxygen atoms in total. The van der Waals surface area contributed by atoms with E-state index >= 15 is 0 Å². The lowest BCUT2D eigenvalue weighted by Crippen LogP contribution is -2.47. The molecule has 3 rings (SSSR count). The van der Waals surface area contributed by atoms with Crippen LogP contribution in [0.25, 0.3) is 0 Å². The molecule has 0 atom stereocenters. The van der Waals surface area contributed by atoms with Gasteiger partial charge >= 0.3 is 6.98 Å². The van der Waals surface area contributed by atoms with E-state index in [-0.39, 0.29) is 6.98 Å². The van der Waals surface area contributed by atoms with Crippen molar-refractivity contribution in [3.8, 4) is 5.75 Å². The van der Waals surface area contributed by atoms with Crippen LogP contribution in [0.4, 0.5) is 17.2 Å². The first kappa shape index (κ1) is 15.7. The molecule has 0 saturated carbocycles. The molecular formula is C18H25BN3O+. The summed E-state index contributed by atoms with van der Waals surface area (Å²) in [6.45, 7) is 8.95. The molecule has 0 radical (unpaired) electrons. The van der Waals surface area contributed by atoms with Crippen molar-refractivity contribution in [2.24, 2.45) is 7.05 Å². The van der Waals surface area contributed by atoms with Crippen LogP contribution < -0.4 is 18.9 Å². The van der Waals surface area contributed by atoms with Crippen LogP contribution in [0.5, 0.6) is 5.75 Å². The molecule has 0 spiro atoms. The van der Waals surface area contributed by atoms with Crippen molar-refractivity contribution in [1.82, 2.24) is 0 Å². The number of hydrogen-bond donors (Lipinski definition) is 0. The molecule has 1 aromatic carbocycles. The van der Waals surface area contributed by atoms with Gasteiger partial charge in [-0.1, -0.05) is 0 Å². The van der Waals surface area contributed by atoms with Crippen molar-refractivity contribution in [3.63, 3.8) is 0 Å². The molecule has 5 heteroatoms. The van der Waals surface area contributed by atoms with Gasteiger partial charge in [-0.05, 0) is 57.9 Å². The maximum absolute atomic E-state index is 5.55. The Kier molecular flexibility index (Phi) is 3.75. The number of rotatable bonds is 2. The van der Waals surface area contributed by atoms with Gasteiger partial charge < -0.3 is 9.55 Å². The first-order valence-corrected chi connectivity index (χ1v) is 8.03. The molecule has 1 aliphatic rings. The summed E-state index contributed by atoms with van der Waals surface area (Å²) < 4.78 is 7.76. The van der Waals surface area contributed by atoms with Gasteiger partial charge in [0.15, 0.2) is 0 Å². The number of anilines is 3. The molecule has 2 heterocycles. The highest BCUT2D eigenvalue weighted by atomic mass is 16.5. The lowest BCUT2D eigenvalue weighted by atomic mass is 9.77. The van der Waals surface area contributed by atoms with Crippen LogP contribution in [-0.2, 0) is 7.05 Å². The Morgan fingerprint density at radius 1 is 1.13 bits per heavy atom. The Morgan fingerprint density at radius 2 is 1.83 bits per heavy atom. The number of benzene rings is 1. The molecule has 0 N–H and O–H groups in total. The molecule has 0 aliphatic carbocycles. The zero-order valence-electron chi connectivity index (χ0n) is 15.1. The van der Waals surface area contributed by atoms with Gasteiger partial charge in [-0.2, -0.15) is 0 Å². The van der Waals surface area contributed by atoms with Crippen LogP contribution in [0.15, 0.2) is 24.4 Å². The Morgan fingerprint density at radius 3 is 2.48 bits per heavy atom. The molecule has 1 aromatic heterocycles. The Bertz CT molecular complexity index is 775. The van der Waals surface area contributed by atoms with Crippen LogP contribution in [0, 0.1) is 20.8 Å². The third kappa shape index (κ3) is 2.26. The van der Waals surface area contributed by atoms with Crippen LogP contribution in [0.3, 0.4) is 0 Å². The van der Waals surface area contributed by atoms with Gasteiger partial charge in [0.2, 0.25) is 0 Å². The lowest BCUT2D eigenvalue weighted by Gasteiger charge is -2.20. The summed E-state index contributed by atoms with van der Waals surface area (Å²) in [5.41, 5.74) is 6.27. The van der Waals surface area contributed by atoms with Crippen LogP contribution in [-0.4, -0.2) is 21.1 Å². The SMILES string of the molecule is COc1ccc2c(c1C)N(c1cc(C)c(C)c[n+]1C)B(C)N2C. The predicted molar refractivity (Wildman–Crippen MR) is 97.0 cm³/mol. The number of aromatic nitrogens is 1. The second-order valence-electron chi connectivity index (χ2n) is 6.48. The summed E-state index contributed by atoms with van der Waals surface area (Å²) in [5, 5.41) is 0. The minimum absolute atomic E-state index is 0.254.